The minimum Gasteiger partial charge on any atom is -0.367 e. The molecule has 2 aromatic carbocycles. The number of hydrogen-bond acceptors (Lipinski definition) is 3. The van der Waals surface area contributed by atoms with Gasteiger partial charge in [0, 0.05) is 44.4 Å². The van der Waals surface area contributed by atoms with Gasteiger partial charge in [-0.25, -0.2) is 0 Å². The Morgan fingerprint density at radius 1 is 1.07 bits per heavy atom. The third-order valence-electron chi connectivity index (χ3n) is 4.98. The van der Waals surface area contributed by atoms with E-state index in [-0.39, 0.29) is 11.8 Å². The summed E-state index contributed by atoms with van der Waals surface area (Å²) in [6, 6.07) is 15.4. The fourth-order valence-electron chi connectivity index (χ4n) is 3.43. The van der Waals surface area contributed by atoms with E-state index in [1.54, 1.807) is 12.1 Å². The van der Waals surface area contributed by atoms with Gasteiger partial charge in [-0.1, -0.05) is 55.8 Å². The van der Waals surface area contributed by atoms with Crippen molar-refractivity contribution in [3.05, 3.63) is 65.2 Å². The summed E-state index contributed by atoms with van der Waals surface area (Å²) in [4.78, 5) is 28.4. The van der Waals surface area contributed by atoms with Crippen LogP contribution in [0.3, 0.4) is 0 Å². The Hall–Kier alpha value is -2.79. The predicted molar refractivity (Wildman–Crippen MR) is 124 cm³/mol. The van der Waals surface area contributed by atoms with E-state index < -0.39 is 0 Å². The predicted octanol–water partition coefficient (Wildman–Crippen LogP) is 4.69. The molecule has 1 aliphatic rings. The fraction of sp³-hybridized carbons (Fsp3) is 0.333. The standard InChI is InChI=1S/C24H28ClN3O2/c1-18(2)16-23(29)26-20-9-10-22(21(25)17-20)27-12-14-28(15-13-27)24(30)11-8-19-6-4-3-5-7-19/h3-11,17-18H,12-16H2,1-2H3,(H,26,29)/b11-8+. The molecule has 6 heteroatoms. The van der Waals surface area contributed by atoms with Crippen molar-refractivity contribution in [3.63, 3.8) is 0 Å². The molecular weight excluding hydrogens is 398 g/mol. The van der Waals surface area contributed by atoms with Crippen LogP contribution >= 0.6 is 11.6 Å². The van der Waals surface area contributed by atoms with Crippen molar-refractivity contribution in [1.29, 1.82) is 0 Å². The molecule has 3 rings (SSSR count). The van der Waals surface area contributed by atoms with Crippen molar-refractivity contribution in [2.45, 2.75) is 20.3 Å². The summed E-state index contributed by atoms with van der Waals surface area (Å²) >= 11 is 6.48. The van der Waals surface area contributed by atoms with Gasteiger partial charge in [0.1, 0.15) is 0 Å². The van der Waals surface area contributed by atoms with Crippen LogP contribution in [-0.4, -0.2) is 42.9 Å². The number of halogens is 1. The summed E-state index contributed by atoms with van der Waals surface area (Å²) < 4.78 is 0. The molecule has 0 bridgehead atoms. The second-order valence-corrected chi connectivity index (χ2v) is 8.28. The van der Waals surface area contributed by atoms with Gasteiger partial charge in [-0.15, -0.1) is 0 Å². The Bertz CT molecular complexity index is 904. The highest BCUT2D eigenvalue weighted by Gasteiger charge is 2.21. The Morgan fingerprint density at radius 2 is 1.77 bits per heavy atom. The maximum atomic E-state index is 12.5. The molecule has 1 aliphatic heterocycles. The number of nitrogens with one attached hydrogen (secondary N) is 1. The van der Waals surface area contributed by atoms with Gasteiger partial charge in [-0.2, -0.15) is 0 Å². The molecule has 30 heavy (non-hydrogen) atoms. The van der Waals surface area contributed by atoms with E-state index in [0.717, 1.165) is 11.3 Å². The number of anilines is 2. The van der Waals surface area contributed by atoms with E-state index in [4.69, 9.17) is 11.6 Å². The Morgan fingerprint density at radius 3 is 2.40 bits per heavy atom. The third-order valence-corrected chi connectivity index (χ3v) is 5.28. The van der Waals surface area contributed by atoms with Crippen LogP contribution < -0.4 is 10.2 Å². The molecule has 2 amide bonds. The van der Waals surface area contributed by atoms with Gasteiger partial charge in [-0.05, 0) is 35.8 Å². The average Bonchev–Trinajstić information content (AvgIpc) is 2.72. The molecule has 1 heterocycles. The molecule has 0 spiro atoms. The zero-order valence-corrected chi connectivity index (χ0v) is 18.2. The SMILES string of the molecule is CC(C)CC(=O)Nc1ccc(N2CCN(C(=O)/C=C/c3ccccc3)CC2)c(Cl)c1. The molecule has 0 aliphatic carbocycles. The van der Waals surface area contributed by atoms with E-state index in [0.29, 0.717) is 49.2 Å². The number of carbonyl (C=O) groups is 2. The first kappa shape index (κ1) is 21.9. The number of carbonyl (C=O) groups excluding carboxylic acids is 2. The Kier molecular flexibility index (Phi) is 7.52. The molecular formula is C24H28ClN3O2. The van der Waals surface area contributed by atoms with Crippen LogP contribution in [0.2, 0.25) is 5.02 Å². The van der Waals surface area contributed by atoms with E-state index in [1.165, 1.54) is 0 Å². The van der Waals surface area contributed by atoms with Gasteiger partial charge < -0.3 is 15.1 Å². The molecule has 2 aromatic rings. The Labute approximate surface area is 183 Å². The normalized spacial score (nSPS) is 14.4. The molecule has 5 nitrogen and oxygen atoms in total. The van der Waals surface area contributed by atoms with Crippen molar-refractivity contribution in [2.24, 2.45) is 5.92 Å². The highest BCUT2D eigenvalue weighted by atomic mass is 35.5. The van der Waals surface area contributed by atoms with Crippen molar-refractivity contribution in [1.82, 2.24) is 4.90 Å². The summed E-state index contributed by atoms with van der Waals surface area (Å²) in [6.07, 6.45) is 3.96. The molecule has 0 saturated carbocycles. The number of piperazine rings is 1. The van der Waals surface area contributed by atoms with Crippen LogP contribution in [0, 0.1) is 5.92 Å². The minimum atomic E-state index is -0.00972. The fourth-order valence-corrected chi connectivity index (χ4v) is 3.73. The third kappa shape index (κ3) is 6.10. The zero-order chi connectivity index (χ0) is 21.5. The van der Waals surface area contributed by atoms with Gasteiger partial charge in [0.05, 0.1) is 10.7 Å². The summed E-state index contributed by atoms with van der Waals surface area (Å²) in [5, 5.41) is 3.49. The maximum absolute atomic E-state index is 12.5. The molecule has 1 fully saturated rings. The largest absolute Gasteiger partial charge is 0.367 e. The summed E-state index contributed by atoms with van der Waals surface area (Å²) in [5.74, 6) is 0.318. The first-order valence-electron chi connectivity index (χ1n) is 10.3. The molecule has 1 saturated heterocycles. The lowest BCUT2D eigenvalue weighted by molar-refractivity contribution is -0.126. The van der Waals surface area contributed by atoms with Crippen LogP contribution in [0.15, 0.2) is 54.6 Å². The van der Waals surface area contributed by atoms with Crippen LogP contribution in [0.1, 0.15) is 25.8 Å². The van der Waals surface area contributed by atoms with Crippen molar-refractivity contribution in [2.75, 3.05) is 36.4 Å². The van der Waals surface area contributed by atoms with Gasteiger partial charge in [0.25, 0.3) is 0 Å². The summed E-state index contributed by atoms with van der Waals surface area (Å²) in [7, 11) is 0. The van der Waals surface area contributed by atoms with Crippen molar-refractivity contribution >= 4 is 40.9 Å². The van der Waals surface area contributed by atoms with Crippen molar-refractivity contribution < 1.29 is 9.59 Å². The number of nitrogens with zero attached hydrogens (tertiary/aromatic N) is 2. The number of amides is 2. The van der Waals surface area contributed by atoms with Gasteiger partial charge >= 0.3 is 0 Å². The van der Waals surface area contributed by atoms with Gasteiger partial charge in [0.15, 0.2) is 0 Å². The van der Waals surface area contributed by atoms with E-state index in [9.17, 15) is 9.59 Å². The van der Waals surface area contributed by atoms with E-state index >= 15 is 0 Å². The lowest BCUT2D eigenvalue weighted by atomic mass is 10.1. The monoisotopic (exact) mass is 425 g/mol. The summed E-state index contributed by atoms with van der Waals surface area (Å²) in [6.45, 7) is 6.73. The lowest BCUT2D eigenvalue weighted by Gasteiger charge is -2.36. The number of rotatable bonds is 6. The molecule has 0 aromatic heterocycles. The van der Waals surface area contributed by atoms with Crippen LogP contribution in [0.5, 0.6) is 0 Å². The number of hydrogen-bond donors (Lipinski definition) is 1. The highest BCUT2D eigenvalue weighted by molar-refractivity contribution is 6.33. The van der Waals surface area contributed by atoms with Crippen LogP contribution in [0.4, 0.5) is 11.4 Å². The molecule has 0 unspecified atom stereocenters. The van der Waals surface area contributed by atoms with Crippen molar-refractivity contribution in [3.8, 4) is 0 Å². The molecule has 0 radical (unpaired) electrons. The van der Waals surface area contributed by atoms with E-state index in [1.807, 2.05) is 67.3 Å². The second-order valence-electron chi connectivity index (χ2n) is 7.87. The van der Waals surface area contributed by atoms with Crippen LogP contribution in [0.25, 0.3) is 6.08 Å². The lowest BCUT2D eigenvalue weighted by Crippen LogP contribution is -2.48. The quantitative estimate of drug-likeness (QED) is 0.683. The first-order chi connectivity index (χ1) is 14.4. The number of benzene rings is 2. The topological polar surface area (TPSA) is 52.7 Å². The maximum Gasteiger partial charge on any atom is 0.246 e. The molecule has 0 atom stereocenters. The van der Waals surface area contributed by atoms with Gasteiger partial charge in [-0.3, -0.25) is 9.59 Å². The smallest absolute Gasteiger partial charge is 0.246 e. The van der Waals surface area contributed by atoms with Crippen LogP contribution in [-0.2, 0) is 9.59 Å². The molecule has 1 N–H and O–H groups in total. The highest BCUT2D eigenvalue weighted by Crippen LogP contribution is 2.30. The van der Waals surface area contributed by atoms with Gasteiger partial charge in [0.2, 0.25) is 11.8 Å². The summed E-state index contributed by atoms with van der Waals surface area (Å²) in [5.41, 5.74) is 2.64. The van der Waals surface area contributed by atoms with E-state index in [2.05, 4.69) is 10.2 Å². The first-order valence-corrected chi connectivity index (χ1v) is 10.7. The molecule has 158 valence electrons. The average molecular weight is 426 g/mol. The Balaban J connectivity index is 1.55. The zero-order valence-electron chi connectivity index (χ0n) is 17.5. The minimum absolute atomic E-state index is 0.00972. The second kappa shape index (κ2) is 10.3.